The summed E-state index contributed by atoms with van der Waals surface area (Å²) in [6.45, 7) is 1.58. The third kappa shape index (κ3) is 4.80. The molecule has 2 N–H and O–H groups in total. The molecule has 1 aliphatic carbocycles. The van der Waals surface area contributed by atoms with Gasteiger partial charge in [-0.05, 0) is 61.6 Å². The molecule has 0 aromatic heterocycles. The number of anilines is 1. The molecule has 178 valence electrons. The third-order valence-corrected chi connectivity index (χ3v) is 7.71. The van der Waals surface area contributed by atoms with Crippen molar-refractivity contribution in [3.63, 3.8) is 0 Å². The smallest absolute Gasteiger partial charge is 0.368 e. The van der Waals surface area contributed by atoms with Gasteiger partial charge < -0.3 is 15.5 Å². The largest absolute Gasteiger partial charge is 0.417 e. The van der Waals surface area contributed by atoms with Crippen LogP contribution >= 0.6 is 0 Å². The van der Waals surface area contributed by atoms with Crippen molar-refractivity contribution < 1.29 is 22.8 Å². The van der Waals surface area contributed by atoms with Crippen LogP contribution in [-0.2, 0) is 15.8 Å². The second-order valence-corrected chi connectivity index (χ2v) is 9.83. The fourth-order valence-electron chi connectivity index (χ4n) is 5.81. The van der Waals surface area contributed by atoms with Crippen molar-refractivity contribution in [2.75, 3.05) is 24.5 Å². The topological polar surface area (TPSA) is 90.4 Å². The Kier molecular flexibility index (Phi) is 6.30. The number of nitrogens with two attached hydrogens (primary N) is 1. The highest BCUT2D eigenvalue weighted by Gasteiger charge is 2.48. The second-order valence-electron chi connectivity index (χ2n) is 9.83. The molecule has 3 aliphatic rings. The van der Waals surface area contributed by atoms with Crippen molar-refractivity contribution >= 4 is 17.5 Å². The van der Waals surface area contributed by atoms with E-state index in [9.17, 15) is 22.8 Å². The van der Waals surface area contributed by atoms with Crippen LogP contribution in [0.1, 0.15) is 62.5 Å². The number of nitriles is 1. The Bertz CT molecular complexity index is 957. The van der Waals surface area contributed by atoms with Crippen LogP contribution in [0.15, 0.2) is 18.2 Å². The second kappa shape index (κ2) is 8.88. The lowest BCUT2D eigenvalue weighted by molar-refractivity contribution is -0.137. The van der Waals surface area contributed by atoms with Gasteiger partial charge in [0.1, 0.15) is 6.04 Å². The number of carbonyl (C=O) groups is 2. The number of primary amides is 1. The molecule has 3 fully saturated rings. The first kappa shape index (κ1) is 23.4. The number of alkyl halides is 3. The molecule has 2 heterocycles. The van der Waals surface area contributed by atoms with Crippen LogP contribution < -0.4 is 10.6 Å². The molecule has 9 heteroatoms. The number of halogens is 3. The maximum Gasteiger partial charge on any atom is 0.417 e. The lowest BCUT2D eigenvalue weighted by atomic mass is 9.76. The molecule has 1 spiro atoms. The van der Waals surface area contributed by atoms with Crippen LogP contribution in [-0.4, -0.2) is 42.4 Å². The van der Waals surface area contributed by atoms with Crippen LogP contribution in [0.4, 0.5) is 18.9 Å². The number of likely N-dealkylation sites (tertiary alicyclic amines) is 1. The fourth-order valence-corrected chi connectivity index (χ4v) is 5.81. The first-order chi connectivity index (χ1) is 15.6. The van der Waals surface area contributed by atoms with Gasteiger partial charge in [-0.25, -0.2) is 0 Å². The van der Waals surface area contributed by atoms with Gasteiger partial charge in [0.05, 0.1) is 17.2 Å². The molecule has 2 amide bonds. The molecule has 4 rings (SSSR count). The summed E-state index contributed by atoms with van der Waals surface area (Å²) < 4.78 is 40.4. The fraction of sp³-hybridized carbons (Fsp3) is 0.625. The summed E-state index contributed by atoms with van der Waals surface area (Å²) in [7, 11) is 0. The normalized spacial score (nSPS) is 23.2. The maximum atomic E-state index is 13.5. The van der Waals surface area contributed by atoms with E-state index in [2.05, 4.69) is 0 Å². The van der Waals surface area contributed by atoms with Gasteiger partial charge in [-0.3, -0.25) is 9.59 Å². The van der Waals surface area contributed by atoms with Crippen LogP contribution in [0.25, 0.3) is 0 Å². The lowest BCUT2D eigenvalue weighted by Gasteiger charge is -2.39. The van der Waals surface area contributed by atoms with Crippen LogP contribution in [0.5, 0.6) is 0 Å². The maximum absolute atomic E-state index is 13.5. The monoisotopic (exact) mass is 462 g/mol. The Hall–Kier alpha value is -2.76. The minimum atomic E-state index is -4.67. The molecule has 1 aromatic carbocycles. The Balaban J connectivity index is 1.49. The zero-order chi connectivity index (χ0) is 23.8. The average molecular weight is 463 g/mol. The van der Waals surface area contributed by atoms with Crippen molar-refractivity contribution in [3.8, 4) is 6.07 Å². The average Bonchev–Trinajstić information content (AvgIpc) is 3.41. The zero-order valence-corrected chi connectivity index (χ0v) is 18.5. The van der Waals surface area contributed by atoms with Gasteiger partial charge in [0.15, 0.2) is 0 Å². The Morgan fingerprint density at radius 2 is 1.85 bits per heavy atom. The number of amides is 2. The van der Waals surface area contributed by atoms with Gasteiger partial charge in [0.25, 0.3) is 0 Å². The summed E-state index contributed by atoms with van der Waals surface area (Å²) in [5, 5.41) is 9.07. The molecule has 1 saturated carbocycles. The van der Waals surface area contributed by atoms with E-state index in [1.807, 2.05) is 4.90 Å². The van der Waals surface area contributed by atoms with Crippen molar-refractivity contribution in [2.24, 2.45) is 17.1 Å². The number of nitrogens with zero attached hydrogens (tertiary/aromatic N) is 3. The highest BCUT2D eigenvalue weighted by atomic mass is 19.4. The quantitative estimate of drug-likeness (QED) is 0.736. The zero-order valence-electron chi connectivity index (χ0n) is 18.5. The van der Waals surface area contributed by atoms with Crippen LogP contribution in [0, 0.1) is 22.7 Å². The Morgan fingerprint density at radius 1 is 1.18 bits per heavy atom. The number of benzene rings is 1. The SMILES string of the molecule is N#Cc1ccc(N2CC3(CCN(C(=O)CC4CCCC4)CC3)CC2C(N)=O)cc1C(F)(F)F. The van der Waals surface area contributed by atoms with E-state index in [0.29, 0.717) is 51.2 Å². The predicted molar refractivity (Wildman–Crippen MR) is 116 cm³/mol. The molecular formula is C24H29F3N4O2. The summed E-state index contributed by atoms with van der Waals surface area (Å²) >= 11 is 0. The van der Waals surface area contributed by atoms with Gasteiger partial charge in [0, 0.05) is 31.7 Å². The van der Waals surface area contributed by atoms with Gasteiger partial charge in [-0.2, -0.15) is 18.4 Å². The van der Waals surface area contributed by atoms with Crippen molar-refractivity contribution in [2.45, 2.75) is 63.6 Å². The van der Waals surface area contributed by atoms with Crippen molar-refractivity contribution in [1.82, 2.24) is 4.90 Å². The van der Waals surface area contributed by atoms with Crippen molar-refractivity contribution in [3.05, 3.63) is 29.3 Å². The summed E-state index contributed by atoms with van der Waals surface area (Å²) in [5.74, 6) is 0.0818. The summed E-state index contributed by atoms with van der Waals surface area (Å²) in [5.41, 5.74) is 4.13. The summed E-state index contributed by atoms with van der Waals surface area (Å²) in [6, 6.07) is 4.39. The molecule has 1 atom stereocenters. The standard InChI is InChI=1S/C24H29F3N4O2/c25-24(26,27)19-12-18(6-5-17(19)14-28)31-15-23(13-20(31)22(29)33)7-9-30(10-8-23)21(32)11-16-3-1-2-4-16/h5-6,12,16,20H,1-4,7-11,13,15H2,(H2,29,33). The number of hydrogen-bond donors (Lipinski definition) is 1. The van der Waals surface area contributed by atoms with Gasteiger partial charge >= 0.3 is 6.18 Å². The molecule has 2 saturated heterocycles. The van der Waals surface area contributed by atoms with E-state index in [-0.39, 0.29) is 17.0 Å². The van der Waals surface area contributed by atoms with E-state index in [1.165, 1.54) is 18.9 Å². The molecule has 33 heavy (non-hydrogen) atoms. The van der Waals surface area contributed by atoms with Crippen LogP contribution in [0.2, 0.25) is 0 Å². The summed E-state index contributed by atoms with van der Waals surface area (Å²) in [6.07, 6.45) is 2.35. The minimum absolute atomic E-state index is 0.181. The number of hydrogen-bond acceptors (Lipinski definition) is 4. The molecule has 0 radical (unpaired) electrons. The highest BCUT2D eigenvalue weighted by Crippen LogP contribution is 2.46. The van der Waals surface area contributed by atoms with E-state index in [0.717, 1.165) is 25.0 Å². The molecule has 2 aliphatic heterocycles. The molecule has 1 unspecified atom stereocenters. The highest BCUT2D eigenvalue weighted by molar-refractivity contribution is 5.85. The molecular weight excluding hydrogens is 433 g/mol. The molecule has 0 bridgehead atoms. The number of rotatable bonds is 4. The summed E-state index contributed by atoms with van der Waals surface area (Å²) in [4.78, 5) is 28.5. The third-order valence-electron chi connectivity index (χ3n) is 7.71. The lowest BCUT2D eigenvalue weighted by Crippen LogP contribution is -2.44. The van der Waals surface area contributed by atoms with Gasteiger partial charge in [-0.15, -0.1) is 0 Å². The Labute approximate surface area is 191 Å². The molecule has 6 nitrogen and oxygen atoms in total. The van der Waals surface area contributed by atoms with Gasteiger partial charge in [0.2, 0.25) is 11.8 Å². The number of carbonyl (C=O) groups excluding carboxylic acids is 2. The van der Waals surface area contributed by atoms with Crippen LogP contribution in [0.3, 0.4) is 0 Å². The Morgan fingerprint density at radius 3 is 2.42 bits per heavy atom. The first-order valence-electron chi connectivity index (χ1n) is 11.6. The van der Waals surface area contributed by atoms with Crippen molar-refractivity contribution in [1.29, 1.82) is 5.26 Å². The van der Waals surface area contributed by atoms with E-state index in [1.54, 1.807) is 11.0 Å². The molecule has 1 aromatic rings. The first-order valence-corrected chi connectivity index (χ1v) is 11.6. The predicted octanol–water partition coefficient (Wildman–Crippen LogP) is 3.83. The minimum Gasteiger partial charge on any atom is -0.368 e. The van der Waals surface area contributed by atoms with E-state index in [4.69, 9.17) is 11.0 Å². The number of piperidine rings is 1. The van der Waals surface area contributed by atoms with E-state index >= 15 is 0 Å². The van der Waals surface area contributed by atoms with Gasteiger partial charge in [-0.1, -0.05) is 12.8 Å². The van der Waals surface area contributed by atoms with E-state index < -0.39 is 29.3 Å².